The van der Waals surface area contributed by atoms with Crippen LogP contribution in [0, 0.1) is 11.3 Å². The van der Waals surface area contributed by atoms with Gasteiger partial charge in [-0.1, -0.05) is 6.07 Å². The number of furan rings is 1. The second-order valence-corrected chi connectivity index (χ2v) is 10.9. The Kier molecular flexibility index (Phi) is 7.10. The summed E-state index contributed by atoms with van der Waals surface area (Å²) in [5.41, 5.74) is 5.36. The van der Waals surface area contributed by atoms with Crippen LogP contribution in [0.2, 0.25) is 0 Å². The van der Waals surface area contributed by atoms with Crippen molar-refractivity contribution in [2.24, 2.45) is 0 Å². The van der Waals surface area contributed by atoms with Gasteiger partial charge in [0.2, 0.25) is 0 Å². The Hall–Kier alpha value is -4.42. The Balaban J connectivity index is 1.32. The number of benzene rings is 2. The van der Waals surface area contributed by atoms with Crippen LogP contribution in [0.4, 0.5) is 10.1 Å². The van der Waals surface area contributed by atoms with E-state index in [0.717, 1.165) is 29.8 Å². The van der Waals surface area contributed by atoms with Gasteiger partial charge in [-0.25, -0.2) is 4.39 Å². The number of likely N-dealkylation sites (N-methyl/N-ethyl adjacent to an activating group) is 1. The number of anilines is 1. The van der Waals surface area contributed by atoms with Gasteiger partial charge in [-0.3, -0.25) is 9.78 Å². The summed E-state index contributed by atoms with van der Waals surface area (Å²) in [6.45, 7) is 2.33. The Morgan fingerprint density at radius 2 is 1.95 bits per heavy atom. The molecule has 2 aromatic carbocycles. The third-order valence-corrected chi connectivity index (χ3v) is 8.21. The van der Waals surface area contributed by atoms with Crippen LogP contribution < -0.4 is 9.64 Å². The lowest BCUT2D eigenvalue weighted by molar-refractivity contribution is 0.0782. The maximum atomic E-state index is 13.8. The first kappa shape index (κ1) is 26.8. The quantitative estimate of drug-likeness (QED) is 0.318. The lowest BCUT2D eigenvalue weighted by Crippen LogP contribution is -2.34. The Morgan fingerprint density at radius 3 is 2.66 bits per heavy atom. The van der Waals surface area contributed by atoms with Crippen LogP contribution in [0.15, 0.2) is 59.1 Å². The topological polar surface area (TPSA) is 85.8 Å². The van der Waals surface area contributed by atoms with E-state index in [4.69, 9.17) is 9.15 Å². The summed E-state index contributed by atoms with van der Waals surface area (Å²) in [6.07, 6.45) is 2.27. The van der Waals surface area contributed by atoms with Crippen LogP contribution >= 0.6 is 0 Å². The molecule has 0 unspecified atom stereocenters. The standard InChI is InChI=1S/C32H32FN5O3/c1-36(2)24-10-13-38(19-24)32(39)21-4-6-26(29(15-21)40-3)30-16-27-31(41-30)25(8-11-35-27)20-5-7-28(22(14-20)17-34)37-12-9-23(33)18-37/h4-8,11,14-16,23-24H,9-10,12-13,18-19H2,1-3H3/t23-,24+/m0/s1. The van der Waals surface area contributed by atoms with Crippen LogP contribution in [0.3, 0.4) is 0 Å². The number of aromatic nitrogens is 1. The first-order valence-electron chi connectivity index (χ1n) is 13.8. The molecule has 0 N–H and O–H groups in total. The molecule has 2 fully saturated rings. The number of pyridine rings is 1. The number of hydrogen-bond donors (Lipinski definition) is 0. The van der Waals surface area contributed by atoms with E-state index < -0.39 is 6.17 Å². The monoisotopic (exact) mass is 553 g/mol. The molecule has 210 valence electrons. The van der Waals surface area contributed by atoms with Gasteiger partial charge in [0.25, 0.3) is 5.91 Å². The first-order valence-corrected chi connectivity index (χ1v) is 13.8. The van der Waals surface area contributed by atoms with Crippen molar-refractivity contribution in [3.63, 3.8) is 0 Å². The summed E-state index contributed by atoms with van der Waals surface area (Å²) >= 11 is 0. The molecular formula is C32H32FN5O3. The van der Waals surface area contributed by atoms with Crippen molar-refractivity contribution in [1.29, 1.82) is 5.26 Å². The van der Waals surface area contributed by atoms with E-state index in [1.54, 1.807) is 19.4 Å². The fourth-order valence-corrected chi connectivity index (χ4v) is 5.86. The predicted molar refractivity (Wildman–Crippen MR) is 156 cm³/mol. The minimum absolute atomic E-state index is 0.0135. The molecule has 0 aliphatic carbocycles. The second kappa shape index (κ2) is 10.9. The van der Waals surface area contributed by atoms with E-state index in [0.29, 0.717) is 71.4 Å². The fourth-order valence-electron chi connectivity index (χ4n) is 5.86. The van der Waals surface area contributed by atoms with E-state index in [1.165, 1.54) is 0 Å². The molecule has 0 bridgehead atoms. The Labute approximate surface area is 238 Å². The highest BCUT2D eigenvalue weighted by Crippen LogP contribution is 2.39. The Bertz CT molecular complexity index is 1660. The number of carbonyl (C=O) groups is 1. The van der Waals surface area contributed by atoms with E-state index >= 15 is 0 Å². The molecule has 6 rings (SSSR count). The average Bonchev–Trinajstić information content (AvgIpc) is 3.75. The van der Waals surface area contributed by atoms with Crippen molar-refractivity contribution in [1.82, 2.24) is 14.8 Å². The van der Waals surface area contributed by atoms with Crippen LogP contribution in [-0.4, -0.2) is 80.3 Å². The number of nitriles is 1. The van der Waals surface area contributed by atoms with Crippen LogP contribution in [0.5, 0.6) is 5.75 Å². The van der Waals surface area contributed by atoms with Crippen molar-refractivity contribution in [3.8, 4) is 34.3 Å². The number of amides is 1. The third kappa shape index (κ3) is 5.00. The molecule has 4 aromatic rings. The number of nitrogens with zero attached hydrogens (tertiary/aromatic N) is 5. The van der Waals surface area contributed by atoms with Gasteiger partial charge in [-0.15, -0.1) is 0 Å². The molecule has 2 aliphatic rings. The highest BCUT2D eigenvalue weighted by Gasteiger charge is 2.29. The molecule has 0 spiro atoms. The second-order valence-electron chi connectivity index (χ2n) is 10.9. The van der Waals surface area contributed by atoms with Gasteiger partial charge < -0.3 is 23.9 Å². The lowest BCUT2D eigenvalue weighted by atomic mass is 10.0. The first-order chi connectivity index (χ1) is 19.9. The van der Waals surface area contributed by atoms with E-state index in [-0.39, 0.29) is 5.91 Å². The van der Waals surface area contributed by atoms with Crippen LogP contribution in [0.25, 0.3) is 33.6 Å². The molecule has 2 aromatic heterocycles. The number of likely N-dealkylation sites (tertiary alicyclic amines) is 1. The maximum absolute atomic E-state index is 13.8. The third-order valence-electron chi connectivity index (χ3n) is 8.21. The molecule has 4 heterocycles. The van der Waals surface area contributed by atoms with Crippen molar-refractivity contribution in [2.75, 3.05) is 52.3 Å². The zero-order valence-electron chi connectivity index (χ0n) is 23.4. The van der Waals surface area contributed by atoms with E-state index in [1.807, 2.05) is 66.4 Å². The number of rotatable bonds is 6. The highest BCUT2D eigenvalue weighted by molar-refractivity contribution is 5.97. The van der Waals surface area contributed by atoms with Crippen molar-refractivity contribution in [3.05, 3.63) is 65.9 Å². The maximum Gasteiger partial charge on any atom is 0.254 e. The minimum atomic E-state index is -0.873. The summed E-state index contributed by atoms with van der Waals surface area (Å²) < 4.78 is 25.9. The number of fused-ring (bicyclic) bond motifs is 1. The van der Waals surface area contributed by atoms with Gasteiger partial charge in [-0.05, 0) is 68.9 Å². The highest BCUT2D eigenvalue weighted by atomic mass is 19.1. The van der Waals surface area contributed by atoms with Gasteiger partial charge in [0, 0.05) is 55.6 Å². The zero-order chi connectivity index (χ0) is 28.7. The van der Waals surface area contributed by atoms with Crippen molar-refractivity contribution < 1.29 is 18.3 Å². The van der Waals surface area contributed by atoms with E-state index in [2.05, 4.69) is 16.0 Å². The largest absolute Gasteiger partial charge is 0.496 e. The van der Waals surface area contributed by atoms with Gasteiger partial charge in [-0.2, -0.15) is 5.26 Å². The predicted octanol–water partition coefficient (Wildman–Crippen LogP) is 5.37. The lowest BCUT2D eigenvalue weighted by Gasteiger charge is -2.20. The summed E-state index contributed by atoms with van der Waals surface area (Å²) in [5, 5.41) is 9.86. The van der Waals surface area contributed by atoms with Gasteiger partial charge in [0.15, 0.2) is 5.58 Å². The fraction of sp³-hybridized carbons (Fsp3) is 0.344. The molecule has 41 heavy (non-hydrogen) atoms. The summed E-state index contributed by atoms with van der Waals surface area (Å²) in [5.74, 6) is 1.08. The summed E-state index contributed by atoms with van der Waals surface area (Å²) in [7, 11) is 5.66. The molecule has 2 aliphatic heterocycles. The number of carbonyl (C=O) groups excluding carboxylic acids is 1. The molecule has 2 saturated heterocycles. The summed E-state index contributed by atoms with van der Waals surface area (Å²) in [4.78, 5) is 23.7. The summed E-state index contributed by atoms with van der Waals surface area (Å²) in [6, 6.07) is 17.4. The Morgan fingerprint density at radius 1 is 1.10 bits per heavy atom. The molecule has 2 atom stereocenters. The van der Waals surface area contributed by atoms with Crippen molar-refractivity contribution >= 4 is 22.7 Å². The SMILES string of the molecule is COc1cc(C(=O)N2CC[C@@H](N(C)C)C2)ccc1-c1cc2nccc(-c3ccc(N4CC[C@H](F)C4)c(C#N)c3)c2o1. The van der Waals surface area contributed by atoms with Gasteiger partial charge >= 0.3 is 0 Å². The minimum Gasteiger partial charge on any atom is -0.496 e. The molecule has 0 saturated carbocycles. The van der Waals surface area contributed by atoms with Gasteiger partial charge in [0.1, 0.15) is 29.3 Å². The zero-order valence-corrected chi connectivity index (χ0v) is 23.4. The number of hydrogen-bond acceptors (Lipinski definition) is 7. The van der Waals surface area contributed by atoms with Gasteiger partial charge in [0.05, 0.1) is 23.9 Å². The molecular weight excluding hydrogens is 521 g/mol. The molecule has 9 heteroatoms. The van der Waals surface area contributed by atoms with Crippen LogP contribution in [-0.2, 0) is 0 Å². The van der Waals surface area contributed by atoms with Crippen LogP contribution in [0.1, 0.15) is 28.8 Å². The smallest absolute Gasteiger partial charge is 0.254 e. The number of alkyl halides is 1. The normalized spacial score (nSPS) is 18.8. The molecule has 0 radical (unpaired) electrons. The van der Waals surface area contributed by atoms with Crippen molar-refractivity contribution in [2.45, 2.75) is 25.1 Å². The number of ether oxygens (including phenoxy) is 1. The average molecular weight is 554 g/mol. The number of halogens is 1. The molecule has 1 amide bonds. The van der Waals surface area contributed by atoms with E-state index in [9.17, 15) is 14.4 Å². The molecule has 8 nitrogen and oxygen atoms in total. The number of methoxy groups -OCH3 is 1.